The van der Waals surface area contributed by atoms with E-state index in [-0.39, 0.29) is 61.9 Å². The first-order valence-corrected chi connectivity index (χ1v) is 22.8. The van der Waals surface area contributed by atoms with E-state index in [0.29, 0.717) is 12.8 Å². The van der Waals surface area contributed by atoms with E-state index in [9.17, 15) is 65.1 Å². The monoisotopic (exact) mass is 1060 g/mol. The molecule has 4 amide bonds. The molecule has 26 nitrogen and oxygen atoms in total. The molecular formula is C36H62Br2N4O22. The number of ether oxygens (including phenoxy) is 9. The van der Waals surface area contributed by atoms with Crippen LogP contribution in [0.15, 0.2) is 0 Å². The van der Waals surface area contributed by atoms with Crippen LogP contribution in [-0.2, 0) is 52.2 Å². The summed E-state index contributed by atoms with van der Waals surface area (Å²) in [5.74, 6) is -0.689. The Balaban J connectivity index is 1.76. The molecule has 17 atom stereocenters. The van der Waals surface area contributed by atoms with Crippen LogP contribution < -0.4 is 21.3 Å². The van der Waals surface area contributed by atoms with Gasteiger partial charge in [0, 0.05) is 26.2 Å². The number of alkyl carbamates (subject to hydrolysis) is 2. The van der Waals surface area contributed by atoms with Crippen molar-refractivity contribution in [2.45, 2.75) is 131 Å². The second-order valence-corrected chi connectivity index (χ2v) is 15.8. The molecule has 3 fully saturated rings. The van der Waals surface area contributed by atoms with Crippen LogP contribution in [0.5, 0.6) is 0 Å². The molecule has 0 bridgehead atoms. The average Bonchev–Trinajstić information content (AvgIpc) is 3.29. The van der Waals surface area contributed by atoms with Crippen molar-refractivity contribution in [3.63, 3.8) is 0 Å². The van der Waals surface area contributed by atoms with Crippen LogP contribution in [0, 0.1) is 0 Å². The zero-order valence-electron chi connectivity index (χ0n) is 35.1. The maximum atomic E-state index is 13.0. The number of hydrogen-bond acceptors (Lipinski definition) is 22. The standard InChI is InChI=1S/C36H62Br2N4O22/c1-3-16(11-43)56-14-17(4-2)58-34-28(53)31(64-36(55)42-8-6-40-22(47)10-38)30(19(13-45)60-34)63-33-27(52)25(50)29(18(12-44)59-33)62-32-26(51)24(49)23(48)20(61-32)15-57-35(54)41-7-5-39-21(46)9-37/h16-20,23-34,43-45,48-53H,3-15H2,1-2H3,(H,39,46)(H,40,47)(H,41,54)(H,42,55)/t16?,17?,18?,19?,20?,23-,24-,25+,26?,27?,28?,29-,30-,31+,32-,33-,34+/m0/s1. The Morgan fingerprint density at radius 1 is 0.578 bits per heavy atom. The van der Waals surface area contributed by atoms with Crippen LogP contribution in [0.4, 0.5) is 9.59 Å². The van der Waals surface area contributed by atoms with E-state index < -0.39 is 136 Å². The summed E-state index contributed by atoms with van der Waals surface area (Å²) in [5, 5.41) is 106. The summed E-state index contributed by atoms with van der Waals surface area (Å²) >= 11 is 5.98. The number of aliphatic hydroxyl groups is 9. The molecule has 0 spiro atoms. The Bertz CT molecular complexity index is 1410. The molecule has 0 aromatic carbocycles. The minimum atomic E-state index is -2.09. The van der Waals surface area contributed by atoms with Gasteiger partial charge >= 0.3 is 12.2 Å². The number of halogens is 2. The lowest BCUT2D eigenvalue weighted by Crippen LogP contribution is -2.67. The Morgan fingerprint density at radius 3 is 1.62 bits per heavy atom. The lowest BCUT2D eigenvalue weighted by molar-refractivity contribution is -0.380. The fraction of sp³-hybridized carbons (Fsp3) is 0.889. The van der Waals surface area contributed by atoms with E-state index in [1.54, 1.807) is 13.8 Å². The molecule has 372 valence electrons. The predicted octanol–water partition coefficient (Wildman–Crippen LogP) is -5.49. The summed E-state index contributed by atoms with van der Waals surface area (Å²) in [6, 6.07) is 0. The van der Waals surface area contributed by atoms with Crippen molar-refractivity contribution in [3.05, 3.63) is 0 Å². The summed E-state index contributed by atoms with van der Waals surface area (Å²) in [7, 11) is 0. The van der Waals surface area contributed by atoms with E-state index in [1.165, 1.54) is 0 Å². The van der Waals surface area contributed by atoms with Gasteiger partial charge < -0.3 is 110 Å². The quantitative estimate of drug-likeness (QED) is 0.0300. The summed E-state index contributed by atoms with van der Waals surface area (Å²) in [4.78, 5) is 48.2. The normalized spacial score (nSPS) is 33.9. The summed E-state index contributed by atoms with van der Waals surface area (Å²) in [5.41, 5.74) is 0. The van der Waals surface area contributed by atoms with Crippen molar-refractivity contribution >= 4 is 55.9 Å². The first kappa shape index (κ1) is 56.1. The van der Waals surface area contributed by atoms with Gasteiger partial charge in [-0.05, 0) is 12.8 Å². The van der Waals surface area contributed by atoms with Crippen molar-refractivity contribution in [2.75, 3.05) is 69.9 Å². The van der Waals surface area contributed by atoms with Crippen molar-refractivity contribution in [1.29, 1.82) is 0 Å². The van der Waals surface area contributed by atoms with Crippen LogP contribution in [0.2, 0.25) is 0 Å². The van der Waals surface area contributed by atoms with Crippen LogP contribution in [-0.4, -0.2) is 244 Å². The fourth-order valence-electron chi connectivity index (χ4n) is 6.45. The lowest BCUT2D eigenvalue weighted by Gasteiger charge is -2.48. The molecule has 3 aliphatic rings. The number of alkyl halides is 2. The molecule has 3 heterocycles. The molecule has 64 heavy (non-hydrogen) atoms. The number of carbonyl (C=O) groups is 4. The van der Waals surface area contributed by atoms with Gasteiger partial charge in [0.15, 0.2) is 25.0 Å². The molecule has 13 N–H and O–H groups in total. The third-order valence-electron chi connectivity index (χ3n) is 10.1. The smallest absolute Gasteiger partial charge is 0.407 e. The van der Waals surface area contributed by atoms with Gasteiger partial charge in [0.05, 0.1) is 49.3 Å². The van der Waals surface area contributed by atoms with Gasteiger partial charge in [0.2, 0.25) is 11.8 Å². The van der Waals surface area contributed by atoms with Gasteiger partial charge in [-0.15, -0.1) is 0 Å². The third kappa shape index (κ3) is 16.5. The lowest BCUT2D eigenvalue weighted by atomic mass is 9.96. The van der Waals surface area contributed by atoms with Crippen molar-refractivity contribution in [1.82, 2.24) is 21.3 Å². The fourth-order valence-corrected chi connectivity index (χ4v) is 6.85. The first-order valence-electron chi connectivity index (χ1n) is 20.5. The molecule has 8 unspecified atom stereocenters. The second-order valence-electron chi connectivity index (χ2n) is 14.6. The van der Waals surface area contributed by atoms with E-state index >= 15 is 0 Å². The molecule has 3 aliphatic heterocycles. The molecule has 3 saturated heterocycles. The second kappa shape index (κ2) is 28.9. The van der Waals surface area contributed by atoms with Gasteiger partial charge in [0.25, 0.3) is 0 Å². The van der Waals surface area contributed by atoms with Gasteiger partial charge in [-0.25, -0.2) is 9.59 Å². The topological polar surface area (TPSA) is 382 Å². The molecule has 3 rings (SSSR count). The highest BCUT2D eigenvalue weighted by Crippen LogP contribution is 2.34. The van der Waals surface area contributed by atoms with E-state index in [1.807, 2.05) is 0 Å². The van der Waals surface area contributed by atoms with Crippen LogP contribution >= 0.6 is 31.9 Å². The summed E-state index contributed by atoms with van der Waals surface area (Å²) in [6.45, 7) is 0.667. The van der Waals surface area contributed by atoms with E-state index in [4.69, 9.17) is 42.6 Å². The van der Waals surface area contributed by atoms with E-state index in [0.717, 1.165) is 0 Å². The van der Waals surface area contributed by atoms with Crippen molar-refractivity contribution in [3.8, 4) is 0 Å². The Kier molecular flexibility index (Phi) is 25.3. The number of nitrogens with one attached hydrogen (secondary N) is 4. The highest BCUT2D eigenvalue weighted by atomic mass is 79.9. The Morgan fingerprint density at radius 2 is 1.08 bits per heavy atom. The van der Waals surface area contributed by atoms with Gasteiger partial charge in [-0.3, -0.25) is 9.59 Å². The van der Waals surface area contributed by atoms with Gasteiger partial charge in [0.1, 0.15) is 73.8 Å². The number of amides is 4. The predicted molar refractivity (Wildman–Crippen MR) is 219 cm³/mol. The van der Waals surface area contributed by atoms with Gasteiger partial charge in [-0.2, -0.15) is 0 Å². The summed E-state index contributed by atoms with van der Waals surface area (Å²) in [6.07, 6.45) is -29.6. The Hall–Kier alpha value is -2.20. The maximum absolute atomic E-state index is 13.0. The Labute approximate surface area is 384 Å². The molecule has 28 heteroatoms. The zero-order valence-corrected chi connectivity index (χ0v) is 38.3. The number of carbonyl (C=O) groups excluding carboxylic acids is 4. The zero-order chi connectivity index (χ0) is 47.5. The van der Waals surface area contributed by atoms with Crippen molar-refractivity contribution in [2.24, 2.45) is 0 Å². The molecule has 0 aromatic rings. The number of rotatable bonds is 25. The van der Waals surface area contributed by atoms with Crippen molar-refractivity contribution < 1.29 is 108 Å². The summed E-state index contributed by atoms with van der Waals surface area (Å²) < 4.78 is 51.1. The maximum Gasteiger partial charge on any atom is 0.407 e. The number of hydrogen-bond donors (Lipinski definition) is 13. The van der Waals surface area contributed by atoms with Crippen LogP contribution in [0.25, 0.3) is 0 Å². The third-order valence-corrected chi connectivity index (χ3v) is 11.1. The minimum absolute atomic E-state index is 0.00747. The molecule has 0 saturated carbocycles. The van der Waals surface area contributed by atoms with E-state index in [2.05, 4.69) is 53.1 Å². The molecule has 0 aromatic heterocycles. The van der Waals surface area contributed by atoms with Crippen LogP contribution in [0.3, 0.4) is 0 Å². The largest absolute Gasteiger partial charge is 0.447 e. The first-order chi connectivity index (χ1) is 30.6. The number of aliphatic hydroxyl groups excluding tert-OH is 9. The van der Waals surface area contributed by atoms with Crippen LogP contribution in [0.1, 0.15) is 26.7 Å². The minimum Gasteiger partial charge on any atom is -0.447 e. The molecular weight excluding hydrogens is 1000 g/mol. The van der Waals surface area contributed by atoms with Gasteiger partial charge in [-0.1, -0.05) is 45.7 Å². The average molecular weight is 1060 g/mol. The molecule has 0 aliphatic carbocycles. The molecule has 0 radical (unpaired) electrons. The SMILES string of the molecule is CCC(CO)OCC(CC)O[C@@H]1OC(CO)[C@H](O[C@@H]2OC(CO)[C@H](O[C@@H]3OC(COC(=O)NCCNC(=O)CBr)[C@H](O)[C@H](O)C3O)[C@H](O)C2O)[C@H](OC(=O)NCCNC(=O)CBr)C1O. The highest BCUT2D eigenvalue weighted by molar-refractivity contribution is 9.09. The highest BCUT2D eigenvalue weighted by Gasteiger charge is 2.55.